The van der Waals surface area contributed by atoms with Gasteiger partial charge in [0.25, 0.3) is 10.0 Å². The molecule has 2 aromatic carbocycles. The maximum absolute atomic E-state index is 12.8. The number of hydrogen-bond donors (Lipinski definition) is 0. The van der Waals surface area contributed by atoms with E-state index in [-0.39, 0.29) is 23.0 Å². The van der Waals surface area contributed by atoms with Gasteiger partial charge in [0.05, 0.1) is 17.7 Å². The highest BCUT2D eigenvalue weighted by molar-refractivity contribution is 7.93. The first-order valence-electron chi connectivity index (χ1n) is 8.29. The summed E-state index contributed by atoms with van der Waals surface area (Å²) in [4.78, 5) is 23.8. The van der Waals surface area contributed by atoms with Crippen LogP contribution < -0.4 is 4.31 Å². The second kappa shape index (κ2) is 6.68. The second-order valence-electron chi connectivity index (χ2n) is 6.06. The third-order valence-electron chi connectivity index (χ3n) is 4.38. The molecule has 0 fully saturated rings. The van der Waals surface area contributed by atoms with Crippen molar-refractivity contribution in [2.75, 3.05) is 18.0 Å². The first-order valence-corrected chi connectivity index (χ1v) is 9.73. The van der Waals surface area contributed by atoms with Crippen molar-refractivity contribution in [3.05, 3.63) is 60.1 Å². The quantitative estimate of drug-likeness (QED) is 0.605. The predicted octanol–water partition coefficient (Wildman–Crippen LogP) is 2.47. The van der Waals surface area contributed by atoms with E-state index in [4.69, 9.17) is 9.15 Å². The molecule has 28 heavy (non-hydrogen) atoms. The van der Waals surface area contributed by atoms with Crippen LogP contribution in [0.5, 0.6) is 0 Å². The minimum absolute atomic E-state index is 0.0159. The lowest BCUT2D eigenvalue weighted by molar-refractivity contribution is -0.143. The zero-order chi connectivity index (χ0) is 19.9. The summed E-state index contributed by atoms with van der Waals surface area (Å²) in [5, 5.41) is 1.37. The zero-order valence-corrected chi connectivity index (χ0v) is 15.6. The van der Waals surface area contributed by atoms with Gasteiger partial charge in [-0.1, -0.05) is 24.3 Å². The number of methoxy groups -OCH3 is 1. The van der Waals surface area contributed by atoms with E-state index in [1.807, 2.05) is 12.1 Å². The minimum Gasteiger partial charge on any atom is -0.463 e. The lowest BCUT2D eigenvalue weighted by Crippen LogP contribution is -2.33. The Morgan fingerprint density at radius 3 is 2.57 bits per heavy atom. The van der Waals surface area contributed by atoms with Gasteiger partial charge in [-0.05, 0) is 29.7 Å². The van der Waals surface area contributed by atoms with Crippen LogP contribution in [0.15, 0.2) is 57.8 Å². The monoisotopic (exact) mass is 401 g/mol. The Bertz CT molecular complexity index is 1190. The van der Waals surface area contributed by atoms with Crippen LogP contribution in [0.25, 0.3) is 10.8 Å². The summed E-state index contributed by atoms with van der Waals surface area (Å²) in [5.41, 5.74) is 0.441. The Kier molecular flexibility index (Phi) is 4.31. The van der Waals surface area contributed by atoms with Gasteiger partial charge in [0, 0.05) is 5.39 Å². The number of carbonyl (C=O) groups is 2. The number of carbonyl (C=O) groups excluding carboxylic acids is 2. The maximum atomic E-state index is 12.8. The fourth-order valence-corrected chi connectivity index (χ4v) is 4.76. The van der Waals surface area contributed by atoms with Crippen molar-refractivity contribution in [3.63, 3.8) is 0 Å². The number of hydrogen-bond acceptors (Lipinski definition) is 7. The molecule has 1 aliphatic heterocycles. The molecule has 0 amide bonds. The number of ether oxygens (including phenoxy) is 2. The fourth-order valence-electron chi connectivity index (χ4n) is 3.11. The van der Waals surface area contributed by atoms with Gasteiger partial charge in [0.2, 0.25) is 5.76 Å². The van der Waals surface area contributed by atoms with E-state index in [1.165, 1.54) is 25.3 Å². The van der Waals surface area contributed by atoms with E-state index in [1.54, 1.807) is 18.2 Å². The highest BCUT2D eigenvalue weighted by Crippen LogP contribution is 2.41. The third kappa shape index (κ3) is 2.89. The molecule has 144 valence electrons. The Balaban J connectivity index is 1.50. The average Bonchev–Trinajstić information content (AvgIpc) is 3.25. The molecule has 1 aromatic heterocycles. The standard InChI is InChI=1S/C19H15NO7S/c1-25-19(22)15-9-8-13(27-15)11-26-17(21)10-20-14-6-2-4-12-5-3-7-16(18(12)14)28(20,23)24/h2-9H,10-11H2,1H3. The van der Waals surface area contributed by atoms with Crippen molar-refractivity contribution in [1.82, 2.24) is 0 Å². The molecule has 9 heteroatoms. The number of anilines is 1. The molecule has 0 saturated carbocycles. The van der Waals surface area contributed by atoms with Crippen molar-refractivity contribution in [2.45, 2.75) is 11.5 Å². The average molecular weight is 401 g/mol. The minimum atomic E-state index is -3.84. The number of esters is 2. The Hall–Kier alpha value is -3.33. The molecule has 8 nitrogen and oxygen atoms in total. The van der Waals surface area contributed by atoms with E-state index < -0.39 is 28.5 Å². The Morgan fingerprint density at radius 1 is 1.07 bits per heavy atom. The van der Waals surface area contributed by atoms with Gasteiger partial charge in [0.15, 0.2) is 0 Å². The topological polar surface area (TPSA) is 103 Å². The summed E-state index contributed by atoms with van der Waals surface area (Å²) >= 11 is 0. The molecular weight excluding hydrogens is 386 g/mol. The fraction of sp³-hybridized carbons (Fsp3) is 0.158. The van der Waals surface area contributed by atoms with Crippen molar-refractivity contribution < 1.29 is 31.9 Å². The summed E-state index contributed by atoms with van der Waals surface area (Å²) in [7, 11) is -2.62. The lowest BCUT2D eigenvalue weighted by Gasteiger charge is -2.17. The number of nitrogens with zero attached hydrogens (tertiary/aromatic N) is 1. The van der Waals surface area contributed by atoms with Crippen molar-refractivity contribution in [3.8, 4) is 0 Å². The van der Waals surface area contributed by atoms with E-state index in [2.05, 4.69) is 4.74 Å². The maximum Gasteiger partial charge on any atom is 0.373 e. The van der Waals surface area contributed by atoms with Gasteiger partial charge in [-0.25, -0.2) is 13.2 Å². The molecule has 0 spiro atoms. The number of rotatable bonds is 5. The van der Waals surface area contributed by atoms with Crippen LogP contribution in [0.2, 0.25) is 0 Å². The largest absolute Gasteiger partial charge is 0.463 e. The normalized spacial score (nSPS) is 14.2. The summed E-state index contributed by atoms with van der Waals surface area (Å²) in [6.45, 7) is -0.707. The van der Waals surface area contributed by atoms with Crippen LogP contribution in [-0.2, 0) is 30.9 Å². The van der Waals surface area contributed by atoms with Crippen LogP contribution in [0.4, 0.5) is 5.69 Å². The first-order chi connectivity index (χ1) is 13.4. The summed E-state index contributed by atoms with van der Waals surface area (Å²) in [5.74, 6) is -1.17. The van der Waals surface area contributed by atoms with Crippen LogP contribution >= 0.6 is 0 Å². The second-order valence-corrected chi connectivity index (χ2v) is 7.89. The van der Waals surface area contributed by atoms with Crippen molar-refractivity contribution in [2.24, 2.45) is 0 Å². The van der Waals surface area contributed by atoms with Crippen molar-refractivity contribution >= 4 is 38.4 Å². The zero-order valence-electron chi connectivity index (χ0n) is 14.7. The van der Waals surface area contributed by atoms with Crippen LogP contribution in [0, 0.1) is 0 Å². The molecular formula is C19H15NO7S. The van der Waals surface area contributed by atoms with E-state index in [0.717, 1.165) is 9.69 Å². The van der Waals surface area contributed by atoms with Crippen LogP contribution in [-0.4, -0.2) is 34.0 Å². The highest BCUT2D eigenvalue weighted by Gasteiger charge is 2.37. The van der Waals surface area contributed by atoms with Crippen LogP contribution in [0.3, 0.4) is 0 Å². The molecule has 0 unspecified atom stereocenters. The van der Waals surface area contributed by atoms with Gasteiger partial charge >= 0.3 is 11.9 Å². The molecule has 0 bridgehead atoms. The molecule has 0 N–H and O–H groups in total. The SMILES string of the molecule is COC(=O)c1ccc(COC(=O)CN2c3cccc4cccc(c34)S2(=O)=O)o1. The van der Waals surface area contributed by atoms with Gasteiger partial charge < -0.3 is 13.9 Å². The molecule has 4 rings (SSSR count). The van der Waals surface area contributed by atoms with Gasteiger partial charge in [0.1, 0.15) is 18.9 Å². The van der Waals surface area contributed by atoms with Crippen LogP contribution in [0.1, 0.15) is 16.3 Å². The molecule has 1 aliphatic rings. The van der Waals surface area contributed by atoms with E-state index >= 15 is 0 Å². The summed E-state index contributed by atoms with van der Waals surface area (Å²) < 4.78 is 41.6. The number of furan rings is 1. The Labute approximate surface area is 160 Å². The number of benzene rings is 2. The molecule has 0 saturated heterocycles. The molecule has 0 radical (unpaired) electrons. The summed E-state index contributed by atoms with van der Waals surface area (Å²) in [6, 6.07) is 13.1. The van der Waals surface area contributed by atoms with E-state index in [0.29, 0.717) is 11.1 Å². The van der Waals surface area contributed by atoms with Gasteiger partial charge in [-0.3, -0.25) is 9.10 Å². The van der Waals surface area contributed by atoms with Gasteiger partial charge in [-0.2, -0.15) is 0 Å². The first kappa shape index (κ1) is 18.1. The Morgan fingerprint density at radius 2 is 1.82 bits per heavy atom. The van der Waals surface area contributed by atoms with Gasteiger partial charge in [-0.15, -0.1) is 0 Å². The summed E-state index contributed by atoms with van der Waals surface area (Å²) in [6.07, 6.45) is 0. The highest BCUT2D eigenvalue weighted by atomic mass is 32.2. The molecule has 0 aliphatic carbocycles. The smallest absolute Gasteiger partial charge is 0.373 e. The number of sulfonamides is 1. The van der Waals surface area contributed by atoms with E-state index in [9.17, 15) is 18.0 Å². The van der Waals surface area contributed by atoms with Crippen molar-refractivity contribution in [1.29, 1.82) is 0 Å². The third-order valence-corrected chi connectivity index (χ3v) is 6.18. The molecule has 3 aromatic rings. The molecule has 2 heterocycles. The molecule has 0 atom stereocenters. The predicted molar refractivity (Wildman–Crippen MR) is 98.3 cm³/mol. The lowest BCUT2D eigenvalue weighted by atomic mass is 10.1.